The molecule has 0 radical (unpaired) electrons. The maximum atomic E-state index is 15.3. The molecule has 6 nitrogen and oxygen atoms in total. The van der Waals surface area contributed by atoms with Crippen LogP contribution in [0.2, 0.25) is 0 Å². The van der Waals surface area contributed by atoms with Gasteiger partial charge in [-0.15, -0.1) is 11.8 Å². The van der Waals surface area contributed by atoms with E-state index < -0.39 is 112 Å². The van der Waals surface area contributed by atoms with E-state index in [0.29, 0.717) is 26.7 Å². The molecule has 1 saturated heterocycles. The lowest BCUT2D eigenvalue weighted by Crippen LogP contribution is -2.48. The minimum Gasteiger partial charge on any atom is -0.383 e. The molecule has 1 amide bonds. The number of benzene rings is 4. The Hall–Kier alpha value is -4.52. The van der Waals surface area contributed by atoms with Crippen LogP contribution in [0.3, 0.4) is 0 Å². The van der Waals surface area contributed by atoms with Crippen molar-refractivity contribution >= 4 is 28.6 Å². The number of ether oxygens (including phenoxy) is 1. The number of rotatable bonds is 12. The first kappa shape index (κ1) is 24.7. The van der Waals surface area contributed by atoms with Crippen LogP contribution >= 0.6 is 11.8 Å². The van der Waals surface area contributed by atoms with Crippen molar-refractivity contribution in [2.45, 2.75) is 55.7 Å². The van der Waals surface area contributed by atoms with Gasteiger partial charge in [0, 0.05) is 64.6 Å². The third-order valence-corrected chi connectivity index (χ3v) is 9.34. The van der Waals surface area contributed by atoms with Crippen molar-refractivity contribution in [2.24, 2.45) is 0 Å². The highest BCUT2D eigenvalue weighted by atomic mass is 32.2. The molecular formula is C41H40F5N3O3S. The lowest BCUT2D eigenvalue weighted by molar-refractivity contribution is -0.137. The lowest BCUT2D eigenvalue weighted by atomic mass is 10.00. The third-order valence-electron chi connectivity index (χ3n) is 8.54. The van der Waals surface area contributed by atoms with Crippen molar-refractivity contribution in [1.29, 1.82) is 0 Å². The van der Waals surface area contributed by atoms with Gasteiger partial charge in [0.25, 0.3) is 0 Å². The summed E-state index contributed by atoms with van der Waals surface area (Å²) in [7, 11) is -2.68. The Morgan fingerprint density at radius 1 is 1.02 bits per heavy atom. The topological polar surface area (TPSA) is 54.8 Å². The number of fused-ring (bicyclic) bond motifs is 1. The predicted octanol–water partition coefficient (Wildman–Crippen LogP) is 8.71. The van der Waals surface area contributed by atoms with E-state index in [0.717, 1.165) is 24.3 Å². The summed E-state index contributed by atoms with van der Waals surface area (Å²) in [6, 6.07) is 7.12. The van der Waals surface area contributed by atoms with Crippen molar-refractivity contribution in [2.75, 3.05) is 33.3 Å². The van der Waals surface area contributed by atoms with Crippen LogP contribution in [0.25, 0.3) is 22.0 Å². The number of alkyl halides is 3. The zero-order valence-electron chi connectivity index (χ0n) is 41.0. The molecule has 0 N–H and O–H groups in total. The van der Waals surface area contributed by atoms with Gasteiger partial charge in [-0.2, -0.15) is 13.2 Å². The second-order valence-electron chi connectivity index (χ2n) is 12.1. The van der Waals surface area contributed by atoms with Crippen LogP contribution in [-0.4, -0.2) is 59.6 Å². The molecule has 1 aromatic heterocycles. The lowest BCUT2D eigenvalue weighted by Gasteiger charge is -2.39. The minimum absolute atomic E-state index is 0.0573. The average Bonchev–Trinajstić information content (AvgIpc) is 3.24. The summed E-state index contributed by atoms with van der Waals surface area (Å²) < 4.78 is 187. The number of thioether (sulfide) groups is 1. The van der Waals surface area contributed by atoms with Crippen LogP contribution in [0.5, 0.6) is 0 Å². The van der Waals surface area contributed by atoms with Crippen LogP contribution in [0, 0.1) is 18.6 Å². The number of piperidine rings is 1. The van der Waals surface area contributed by atoms with Crippen LogP contribution in [0.15, 0.2) is 101 Å². The van der Waals surface area contributed by atoms with E-state index in [9.17, 15) is 27.8 Å². The van der Waals surface area contributed by atoms with E-state index in [-0.39, 0.29) is 62.0 Å². The zero-order chi connectivity index (χ0) is 49.1. The molecule has 0 spiro atoms. The molecule has 4 aromatic carbocycles. The number of likely N-dealkylation sites (tertiary alicyclic amines) is 1. The molecule has 6 rings (SSSR count). The molecule has 53 heavy (non-hydrogen) atoms. The molecular weight excluding hydrogens is 710 g/mol. The Morgan fingerprint density at radius 2 is 1.72 bits per heavy atom. The van der Waals surface area contributed by atoms with Crippen molar-refractivity contribution in [1.82, 2.24) is 14.4 Å². The number of amides is 1. The maximum Gasteiger partial charge on any atom is 0.416 e. The van der Waals surface area contributed by atoms with E-state index in [1.165, 1.54) is 43.3 Å². The first-order valence-corrected chi connectivity index (χ1v) is 17.1. The van der Waals surface area contributed by atoms with Gasteiger partial charge < -0.3 is 19.1 Å². The number of hydrogen-bond acceptors (Lipinski definition) is 5. The fourth-order valence-corrected chi connectivity index (χ4v) is 6.50. The first-order chi connectivity index (χ1) is 30.5. The number of carbonyl (C=O) groups is 1. The van der Waals surface area contributed by atoms with E-state index in [1.807, 2.05) is 0 Å². The zero-order valence-corrected chi connectivity index (χ0v) is 28.9. The summed E-state index contributed by atoms with van der Waals surface area (Å²) in [5.41, 5.74) is -7.12. The van der Waals surface area contributed by atoms with Crippen LogP contribution in [-0.2, 0) is 34.4 Å². The van der Waals surface area contributed by atoms with Gasteiger partial charge in [-0.25, -0.2) is 8.78 Å². The summed E-state index contributed by atoms with van der Waals surface area (Å²) in [6.45, 7) is -5.40. The van der Waals surface area contributed by atoms with Gasteiger partial charge >= 0.3 is 6.18 Å². The molecule has 0 unspecified atom stereocenters. The van der Waals surface area contributed by atoms with Crippen LogP contribution < -0.4 is 5.43 Å². The van der Waals surface area contributed by atoms with Crippen molar-refractivity contribution < 1.29 is 49.3 Å². The molecule has 1 aliphatic heterocycles. The summed E-state index contributed by atoms with van der Waals surface area (Å²) in [6.07, 6.45) is -4.72. The molecule has 278 valence electrons. The van der Waals surface area contributed by atoms with E-state index in [1.54, 1.807) is 4.90 Å². The fourth-order valence-electron chi connectivity index (χ4n) is 5.76. The van der Waals surface area contributed by atoms with E-state index in [4.69, 9.17) is 17.1 Å². The molecule has 1 fully saturated rings. The molecule has 0 atom stereocenters. The molecule has 0 bridgehead atoms. The highest BCUT2D eigenvalue weighted by molar-refractivity contribution is 7.98. The molecule has 0 aliphatic carbocycles. The number of aromatic nitrogens is 1. The molecule has 1 aliphatic rings. The highest BCUT2D eigenvalue weighted by Gasteiger charge is 2.31. The Bertz CT molecular complexity index is 2710. The largest absolute Gasteiger partial charge is 0.416 e. The van der Waals surface area contributed by atoms with Gasteiger partial charge in [-0.1, -0.05) is 54.6 Å². The number of halogens is 5. The highest BCUT2D eigenvalue weighted by Crippen LogP contribution is 2.32. The summed E-state index contributed by atoms with van der Waals surface area (Å²) in [5.74, 6) is -4.85. The fraction of sp³-hybridized carbons (Fsp3) is 0.317. The summed E-state index contributed by atoms with van der Waals surface area (Å²) in [4.78, 5) is 31.6. The number of methoxy groups -OCH3 is 1. The van der Waals surface area contributed by atoms with Crippen LogP contribution in [0.1, 0.15) is 52.9 Å². The SMILES string of the molecule is [2H]c1c(C)c([2H])c2c(c1[2H])c(=O)c([2H])c(SC([2H])([2H])c1cccc(F)c1F)n2C([2H])([2H])C(=O)N(C1CCN(CCOC([2H])([2H])[2H])CC1)C([2H])([2H])c1ccc(-c2ccc(C(F)(F)F)cc2)cc1. The van der Waals surface area contributed by atoms with Crippen molar-refractivity contribution in [3.63, 3.8) is 0 Å². The van der Waals surface area contributed by atoms with E-state index in [2.05, 4.69) is 0 Å². The van der Waals surface area contributed by atoms with Crippen LogP contribution in [0.4, 0.5) is 22.0 Å². The minimum atomic E-state index is -4.61. The number of nitrogens with zero attached hydrogens (tertiary/aromatic N) is 3. The Balaban J connectivity index is 1.53. The summed E-state index contributed by atoms with van der Waals surface area (Å²) in [5, 5.41) is -1.91. The molecule has 0 saturated carbocycles. The summed E-state index contributed by atoms with van der Waals surface area (Å²) >= 11 is -0.179. The normalized spacial score (nSPS) is 18.8. The van der Waals surface area contributed by atoms with Gasteiger partial charge in [0.1, 0.15) is 6.50 Å². The standard InChI is InChI=1S/C41H40F5N3O3S/c1-27-6-15-34-36(22-27)49(39(23-37(34)50)53-26-31-4-3-5-35(42)40(31)43)25-38(51)48(33-16-18-47(19-17-33)20-21-52-2)24-28-7-9-29(10-8-28)30-11-13-32(14-12-30)41(44,45)46/h3-15,22-23,33H,16-21,24-26H2,1-2H3/i2D3,6D,15D,22D,23D,24D2,25D2,26D2. The van der Waals surface area contributed by atoms with Crippen molar-refractivity contribution in [3.05, 3.63) is 135 Å². The van der Waals surface area contributed by atoms with Gasteiger partial charge in [0.05, 0.1) is 37.8 Å². The van der Waals surface area contributed by atoms with Crippen molar-refractivity contribution in [3.8, 4) is 11.1 Å². The van der Waals surface area contributed by atoms with Gasteiger partial charge in [0.2, 0.25) is 5.91 Å². The maximum absolute atomic E-state index is 15.3. The first-order valence-electron chi connectivity index (χ1n) is 22.8. The van der Waals surface area contributed by atoms with Gasteiger partial charge in [-0.3, -0.25) is 9.59 Å². The number of hydrogen-bond donors (Lipinski definition) is 0. The Kier molecular flexibility index (Phi) is 7.77. The molecule has 2 heterocycles. The molecule has 5 aromatic rings. The smallest absolute Gasteiger partial charge is 0.383 e. The Labute approximate surface area is 327 Å². The second-order valence-corrected chi connectivity index (χ2v) is 12.9. The monoisotopic (exact) mass is 762 g/mol. The molecule has 12 heteroatoms. The van der Waals surface area contributed by atoms with Gasteiger partial charge in [-0.05, 0) is 72.3 Å². The average molecular weight is 763 g/mol. The second kappa shape index (κ2) is 16.7. The number of carbonyl (C=O) groups excluding carboxylic acids is 1. The predicted molar refractivity (Wildman–Crippen MR) is 198 cm³/mol. The number of pyridine rings is 1. The van der Waals surface area contributed by atoms with Gasteiger partial charge in [0.15, 0.2) is 17.1 Å². The van der Waals surface area contributed by atoms with E-state index >= 15 is 9.18 Å². The Morgan fingerprint density at radius 3 is 2.40 bits per heavy atom. The quantitative estimate of drug-likeness (QED) is 0.0941. The third kappa shape index (κ3) is 9.17.